The van der Waals surface area contributed by atoms with E-state index in [1.54, 1.807) is 20.8 Å². The maximum Gasteiger partial charge on any atom is 0.304 e. The van der Waals surface area contributed by atoms with Gasteiger partial charge in [-0.05, 0) is 44.5 Å². The molecule has 0 amide bonds. The van der Waals surface area contributed by atoms with Gasteiger partial charge in [0.1, 0.15) is 0 Å². The Balaban J connectivity index is 3.20. The molecule has 0 atom stereocenters. The Morgan fingerprint density at radius 2 is 2.05 bits per heavy atom. The van der Waals surface area contributed by atoms with Gasteiger partial charge in [0.05, 0.1) is 22.9 Å². The van der Waals surface area contributed by atoms with Crippen LogP contribution in [0, 0.1) is 18.3 Å². The van der Waals surface area contributed by atoms with E-state index in [2.05, 4.69) is 0 Å². The van der Waals surface area contributed by atoms with Gasteiger partial charge in [-0.25, -0.2) is 8.42 Å². The number of nitrogens with zero attached hydrogens (tertiary/aromatic N) is 2. The molecule has 6 nitrogen and oxygen atoms in total. The number of aliphatic carboxylic acids is 1. The molecule has 1 aromatic rings. The first-order valence-corrected chi connectivity index (χ1v) is 7.88. The third kappa shape index (κ3) is 4.03. The second-order valence-electron chi connectivity index (χ2n) is 4.94. The van der Waals surface area contributed by atoms with Crippen LogP contribution in [0.5, 0.6) is 0 Å². The quantitative estimate of drug-likeness (QED) is 0.863. The van der Waals surface area contributed by atoms with Gasteiger partial charge in [0.15, 0.2) is 0 Å². The van der Waals surface area contributed by atoms with Gasteiger partial charge in [-0.3, -0.25) is 4.79 Å². The second kappa shape index (κ2) is 6.70. The van der Waals surface area contributed by atoms with E-state index in [-0.39, 0.29) is 23.9 Å². The number of carbonyl (C=O) groups is 1. The molecule has 0 aliphatic heterocycles. The molecular formula is C14H18N2O4S. The topological polar surface area (TPSA) is 98.5 Å². The van der Waals surface area contributed by atoms with Gasteiger partial charge < -0.3 is 5.11 Å². The maximum atomic E-state index is 12.6. The fourth-order valence-corrected chi connectivity index (χ4v) is 3.64. The van der Waals surface area contributed by atoms with Crippen molar-refractivity contribution in [2.45, 2.75) is 38.1 Å². The Morgan fingerprint density at radius 3 is 2.48 bits per heavy atom. The molecule has 0 radical (unpaired) electrons. The Hall–Kier alpha value is -1.91. The van der Waals surface area contributed by atoms with Gasteiger partial charge in [-0.2, -0.15) is 9.57 Å². The third-order valence-electron chi connectivity index (χ3n) is 3.05. The molecular weight excluding hydrogens is 292 g/mol. The van der Waals surface area contributed by atoms with E-state index in [1.807, 2.05) is 6.07 Å². The van der Waals surface area contributed by atoms with Crippen molar-refractivity contribution >= 4 is 16.0 Å². The van der Waals surface area contributed by atoms with Crippen molar-refractivity contribution in [3.05, 3.63) is 29.3 Å². The van der Waals surface area contributed by atoms with Crippen molar-refractivity contribution in [1.82, 2.24) is 4.31 Å². The number of hydrogen-bond acceptors (Lipinski definition) is 4. The number of rotatable bonds is 6. The van der Waals surface area contributed by atoms with Crippen LogP contribution in [-0.4, -0.2) is 36.4 Å². The van der Waals surface area contributed by atoms with Crippen LogP contribution in [0.1, 0.15) is 31.4 Å². The molecule has 0 unspecified atom stereocenters. The largest absolute Gasteiger partial charge is 0.481 e. The number of benzene rings is 1. The lowest BCUT2D eigenvalue weighted by Gasteiger charge is -2.25. The summed E-state index contributed by atoms with van der Waals surface area (Å²) in [4.78, 5) is 10.7. The SMILES string of the molecule is Cc1cc(S(=O)(=O)N(CCC(=O)O)C(C)C)ccc1C#N. The molecule has 0 aliphatic carbocycles. The highest BCUT2D eigenvalue weighted by Gasteiger charge is 2.27. The van der Waals surface area contributed by atoms with Gasteiger partial charge in [0.2, 0.25) is 10.0 Å². The smallest absolute Gasteiger partial charge is 0.304 e. The lowest BCUT2D eigenvalue weighted by Crippen LogP contribution is -2.38. The fraction of sp³-hybridized carbons (Fsp3) is 0.429. The Bertz CT molecular complexity index is 675. The van der Waals surface area contributed by atoms with Crippen LogP contribution >= 0.6 is 0 Å². The third-order valence-corrected chi connectivity index (χ3v) is 5.12. The minimum absolute atomic E-state index is 0.0677. The summed E-state index contributed by atoms with van der Waals surface area (Å²) < 4.78 is 26.3. The molecule has 0 spiro atoms. The van der Waals surface area contributed by atoms with Crippen LogP contribution in [0.25, 0.3) is 0 Å². The van der Waals surface area contributed by atoms with E-state index in [1.165, 1.54) is 18.2 Å². The van der Waals surface area contributed by atoms with Gasteiger partial charge >= 0.3 is 5.97 Å². The van der Waals surface area contributed by atoms with Gasteiger partial charge in [-0.1, -0.05) is 0 Å². The van der Waals surface area contributed by atoms with Gasteiger partial charge in [0.25, 0.3) is 0 Å². The van der Waals surface area contributed by atoms with Crippen molar-refractivity contribution in [1.29, 1.82) is 5.26 Å². The maximum absolute atomic E-state index is 12.6. The number of carboxylic acid groups (broad SMARTS) is 1. The molecule has 114 valence electrons. The minimum atomic E-state index is -3.78. The van der Waals surface area contributed by atoms with Crippen LogP contribution in [0.2, 0.25) is 0 Å². The average Bonchev–Trinajstić information content (AvgIpc) is 2.37. The summed E-state index contributed by atoms with van der Waals surface area (Å²) in [5.74, 6) is -1.05. The van der Waals surface area contributed by atoms with E-state index < -0.39 is 16.0 Å². The number of hydrogen-bond donors (Lipinski definition) is 1. The van der Waals surface area contributed by atoms with E-state index in [0.29, 0.717) is 11.1 Å². The number of sulfonamides is 1. The molecule has 1 aromatic carbocycles. The number of nitriles is 1. The highest BCUT2D eigenvalue weighted by atomic mass is 32.2. The summed E-state index contributed by atoms with van der Waals surface area (Å²) in [7, 11) is -3.78. The van der Waals surface area contributed by atoms with Crippen LogP contribution in [0.3, 0.4) is 0 Å². The molecule has 0 fully saturated rings. The van der Waals surface area contributed by atoms with Crippen molar-refractivity contribution in [2.24, 2.45) is 0 Å². The van der Waals surface area contributed by atoms with Gasteiger partial charge in [0, 0.05) is 12.6 Å². The first-order valence-electron chi connectivity index (χ1n) is 6.44. The molecule has 7 heteroatoms. The minimum Gasteiger partial charge on any atom is -0.481 e. The average molecular weight is 310 g/mol. The predicted molar refractivity (Wildman–Crippen MR) is 77.2 cm³/mol. The predicted octanol–water partition coefficient (Wildman–Crippen LogP) is 1.74. The Morgan fingerprint density at radius 1 is 1.43 bits per heavy atom. The molecule has 0 bridgehead atoms. The van der Waals surface area contributed by atoms with Crippen molar-refractivity contribution in [2.75, 3.05) is 6.54 Å². The van der Waals surface area contributed by atoms with Crippen molar-refractivity contribution in [3.8, 4) is 6.07 Å². The second-order valence-corrected chi connectivity index (χ2v) is 6.83. The number of carboxylic acids is 1. The summed E-state index contributed by atoms with van der Waals surface area (Å²) >= 11 is 0. The first-order chi connectivity index (χ1) is 9.70. The lowest BCUT2D eigenvalue weighted by molar-refractivity contribution is -0.137. The molecule has 1 rings (SSSR count). The normalized spacial score (nSPS) is 11.6. The highest BCUT2D eigenvalue weighted by molar-refractivity contribution is 7.89. The monoisotopic (exact) mass is 310 g/mol. The van der Waals surface area contributed by atoms with E-state index in [0.717, 1.165) is 4.31 Å². The van der Waals surface area contributed by atoms with Crippen LogP contribution < -0.4 is 0 Å². The van der Waals surface area contributed by atoms with E-state index >= 15 is 0 Å². The summed E-state index contributed by atoms with van der Waals surface area (Å²) in [6.45, 7) is 4.95. The van der Waals surface area contributed by atoms with E-state index in [4.69, 9.17) is 10.4 Å². The standard InChI is InChI=1S/C14H18N2O4S/c1-10(2)16(7-6-14(17)18)21(19,20)13-5-4-12(9-15)11(3)8-13/h4-5,8,10H,6-7H2,1-3H3,(H,17,18). The zero-order valence-corrected chi connectivity index (χ0v) is 13.0. The summed E-state index contributed by atoms with van der Waals surface area (Å²) in [5.41, 5.74) is 0.982. The van der Waals surface area contributed by atoms with Crippen molar-refractivity contribution < 1.29 is 18.3 Å². The summed E-state index contributed by atoms with van der Waals surface area (Å²) in [5, 5.41) is 17.6. The molecule has 0 aliphatic rings. The molecule has 21 heavy (non-hydrogen) atoms. The molecule has 0 saturated heterocycles. The zero-order chi connectivity index (χ0) is 16.2. The highest BCUT2D eigenvalue weighted by Crippen LogP contribution is 2.21. The fourth-order valence-electron chi connectivity index (χ4n) is 1.92. The Kier molecular flexibility index (Phi) is 5.47. The van der Waals surface area contributed by atoms with Crippen LogP contribution in [0.4, 0.5) is 0 Å². The van der Waals surface area contributed by atoms with Crippen molar-refractivity contribution in [3.63, 3.8) is 0 Å². The first kappa shape index (κ1) is 17.1. The Labute approximate surface area is 124 Å². The molecule has 0 aromatic heterocycles. The molecule has 0 saturated carbocycles. The summed E-state index contributed by atoms with van der Waals surface area (Å²) in [6.07, 6.45) is -0.257. The molecule has 1 N–H and O–H groups in total. The lowest BCUT2D eigenvalue weighted by atomic mass is 10.1. The van der Waals surface area contributed by atoms with E-state index in [9.17, 15) is 13.2 Å². The van der Waals surface area contributed by atoms with Crippen LogP contribution in [-0.2, 0) is 14.8 Å². The summed E-state index contributed by atoms with van der Waals surface area (Å²) in [6, 6.07) is 5.89. The van der Waals surface area contributed by atoms with Crippen LogP contribution in [0.15, 0.2) is 23.1 Å². The number of aryl methyl sites for hydroxylation is 1. The van der Waals surface area contributed by atoms with Gasteiger partial charge in [-0.15, -0.1) is 0 Å². The molecule has 0 heterocycles. The zero-order valence-electron chi connectivity index (χ0n) is 12.2.